The fraction of sp³-hybridized carbons (Fsp3) is 0.158. The molecule has 0 radical (unpaired) electrons. The largest absolute Gasteiger partial charge is 0.479 e. The third-order valence-electron chi connectivity index (χ3n) is 3.83. The smallest absolute Gasteiger partial charge is 0.344 e. The van der Waals surface area contributed by atoms with E-state index in [4.69, 9.17) is 37.5 Å². The van der Waals surface area contributed by atoms with Gasteiger partial charge < -0.3 is 14.3 Å². The lowest BCUT2D eigenvalue weighted by Crippen LogP contribution is -2.26. The summed E-state index contributed by atoms with van der Waals surface area (Å²) < 4.78 is 11.3. The summed E-state index contributed by atoms with van der Waals surface area (Å²) in [5.74, 6) is -1.29. The number of carboxylic acid groups (broad SMARTS) is 1. The second-order valence-electron chi connectivity index (χ2n) is 5.82. The van der Waals surface area contributed by atoms with Crippen molar-refractivity contribution >= 4 is 40.1 Å². The molecule has 0 spiro atoms. The van der Waals surface area contributed by atoms with Crippen LogP contribution in [-0.2, 0) is 4.79 Å². The maximum absolute atomic E-state index is 13.0. The fourth-order valence-electron chi connectivity index (χ4n) is 2.44. The molecule has 7 heteroatoms. The van der Waals surface area contributed by atoms with E-state index in [9.17, 15) is 9.59 Å². The van der Waals surface area contributed by atoms with Crippen LogP contribution in [0.1, 0.15) is 12.5 Å². The standard InChI is InChI=1S/C19H14Cl2O5/c1-9-3-5-11(6-4-9)16-18(25-10(2)19(23)24)15(22)13-7-12(20)8-14(21)17(13)26-16/h3-8,10H,1-2H3,(H,23,24). The van der Waals surface area contributed by atoms with Crippen LogP contribution in [0.4, 0.5) is 0 Å². The number of carboxylic acids is 1. The lowest BCUT2D eigenvalue weighted by molar-refractivity contribution is -0.144. The first-order valence-corrected chi connectivity index (χ1v) is 8.46. The summed E-state index contributed by atoms with van der Waals surface area (Å²) in [4.78, 5) is 24.1. The highest BCUT2D eigenvalue weighted by Gasteiger charge is 2.23. The first kappa shape index (κ1) is 18.3. The van der Waals surface area contributed by atoms with Crippen molar-refractivity contribution in [2.75, 3.05) is 0 Å². The summed E-state index contributed by atoms with van der Waals surface area (Å²) in [5.41, 5.74) is 1.20. The highest BCUT2D eigenvalue weighted by molar-refractivity contribution is 6.38. The zero-order valence-corrected chi connectivity index (χ0v) is 15.4. The molecule has 0 saturated heterocycles. The summed E-state index contributed by atoms with van der Waals surface area (Å²) in [6.07, 6.45) is -1.24. The normalized spacial score (nSPS) is 12.2. The molecule has 0 amide bonds. The van der Waals surface area contributed by atoms with Crippen LogP contribution in [0.3, 0.4) is 0 Å². The Bertz CT molecular complexity index is 1050. The molecule has 26 heavy (non-hydrogen) atoms. The molecular weight excluding hydrogens is 379 g/mol. The van der Waals surface area contributed by atoms with E-state index in [0.717, 1.165) is 5.56 Å². The van der Waals surface area contributed by atoms with E-state index >= 15 is 0 Å². The molecule has 0 bridgehead atoms. The molecule has 1 heterocycles. The van der Waals surface area contributed by atoms with Gasteiger partial charge in [0, 0.05) is 10.6 Å². The molecule has 2 aromatic carbocycles. The van der Waals surface area contributed by atoms with E-state index in [1.165, 1.54) is 19.1 Å². The molecule has 1 atom stereocenters. The van der Waals surface area contributed by atoms with Crippen LogP contribution in [-0.4, -0.2) is 17.2 Å². The minimum Gasteiger partial charge on any atom is -0.479 e. The van der Waals surface area contributed by atoms with Crippen LogP contribution < -0.4 is 10.2 Å². The van der Waals surface area contributed by atoms with Crippen LogP contribution in [0.5, 0.6) is 5.75 Å². The van der Waals surface area contributed by atoms with Gasteiger partial charge in [0.2, 0.25) is 11.2 Å². The average molecular weight is 393 g/mol. The van der Waals surface area contributed by atoms with Gasteiger partial charge in [-0.15, -0.1) is 0 Å². The summed E-state index contributed by atoms with van der Waals surface area (Å²) in [5, 5.41) is 9.69. The maximum atomic E-state index is 13.0. The summed E-state index contributed by atoms with van der Waals surface area (Å²) >= 11 is 12.2. The third kappa shape index (κ3) is 3.41. The van der Waals surface area contributed by atoms with Gasteiger partial charge in [-0.25, -0.2) is 4.79 Å². The van der Waals surface area contributed by atoms with E-state index in [0.29, 0.717) is 5.56 Å². The summed E-state index contributed by atoms with van der Waals surface area (Å²) in [7, 11) is 0. The summed E-state index contributed by atoms with van der Waals surface area (Å²) in [6.45, 7) is 3.25. The van der Waals surface area contributed by atoms with Crippen molar-refractivity contribution in [3.05, 3.63) is 62.2 Å². The molecule has 1 aromatic heterocycles. The molecule has 3 rings (SSSR count). The Balaban J connectivity index is 2.34. The van der Waals surface area contributed by atoms with Gasteiger partial charge in [-0.2, -0.15) is 0 Å². The second kappa shape index (κ2) is 7.02. The van der Waals surface area contributed by atoms with Gasteiger partial charge in [-0.3, -0.25) is 4.79 Å². The van der Waals surface area contributed by atoms with E-state index in [1.807, 2.05) is 19.1 Å². The van der Waals surface area contributed by atoms with Crippen LogP contribution >= 0.6 is 23.2 Å². The van der Waals surface area contributed by atoms with Crippen molar-refractivity contribution in [2.24, 2.45) is 0 Å². The van der Waals surface area contributed by atoms with Crippen LogP contribution in [0.25, 0.3) is 22.3 Å². The van der Waals surface area contributed by atoms with Gasteiger partial charge >= 0.3 is 5.97 Å². The zero-order chi connectivity index (χ0) is 19.0. The van der Waals surface area contributed by atoms with Crippen molar-refractivity contribution in [1.82, 2.24) is 0 Å². The summed E-state index contributed by atoms with van der Waals surface area (Å²) in [6, 6.07) is 10.1. The Kier molecular flexibility index (Phi) is 4.94. The van der Waals surface area contributed by atoms with E-state index in [1.54, 1.807) is 12.1 Å². The maximum Gasteiger partial charge on any atom is 0.344 e. The molecule has 5 nitrogen and oxygen atoms in total. The fourth-order valence-corrected chi connectivity index (χ4v) is 2.97. The Morgan fingerprint density at radius 1 is 1.19 bits per heavy atom. The number of hydrogen-bond donors (Lipinski definition) is 1. The Morgan fingerprint density at radius 2 is 1.85 bits per heavy atom. The van der Waals surface area contributed by atoms with Crippen LogP contribution in [0, 0.1) is 6.92 Å². The number of hydrogen-bond acceptors (Lipinski definition) is 4. The quantitative estimate of drug-likeness (QED) is 0.681. The molecular formula is C19H14Cl2O5. The topological polar surface area (TPSA) is 76.7 Å². The lowest BCUT2D eigenvalue weighted by atomic mass is 10.1. The number of benzene rings is 2. The molecule has 0 aliphatic carbocycles. The Morgan fingerprint density at radius 3 is 2.46 bits per heavy atom. The van der Waals surface area contributed by atoms with Gasteiger partial charge in [-0.1, -0.05) is 53.0 Å². The monoisotopic (exact) mass is 392 g/mol. The number of rotatable bonds is 4. The van der Waals surface area contributed by atoms with E-state index in [-0.39, 0.29) is 32.5 Å². The molecule has 1 N–H and O–H groups in total. The van der Waals surface area contributed by atoms with Gasteiger partial charge in [0.15, 0.2) is 17.4 Å². The van der Waals surface area contributed by atoms with E-state index < -0.39 is 17.5 Å². The number of fused-ring (bicyclic) bond motifs is 1. The molecule has 0 saturated carbocycles. The van der Waals surface area contributed by atoms with Crippen molar-refractivity contribution in [3.8, 4) is 17.1 Å². The molecule has 0 aliphatic heterocycles. The highest BCUT2D eigenvalue weighted by Crippen LogP contribution is 2.35. The first-order chi connectivity index (χ1) is 12.3. The van der Waals surface area contributed by atoms with Gasteiger partial charge in [-0.05, 0) is 26.0 Å². The lowest BCUT2D eigenvalue weighted by Gasteiger charge is -2.15. The van der Waals surface area contributed by atoms with Gasteiger partial charge in [0.05, 0.1) is 10.4 Å². The molecule has 0 fully saturated rings. The van der Waals surface area contributed by atoms with Crippen molar-refractivity contribution < 1.29 is 19.1 Å². The Labute approximate surface area is 158 Å². The molecule has 3 aromatic rings. The predicted octanol–water partition coefficient (Wildman–Crippen LogP) is 4.93. The van der Waals surface area contributed by atoms with Crippen LogP contribution in [0.2, 0.25) is 10.0 Å². The predicted molar refractivity (Wildman–Crippen MR) is 100 cm³/mol. The van der Waals surface area contributed by atoms with Crippen molar-refractivity contribution in [1.29, 1.82) is 0 Å². The molecule has 0 aliphatic rings. The van der Waals surface area contributed by atoms with E-state index in [2.05, 4.69) is 0 Å². The number of aliphatic carboxylic acids is 1. The second-order valence-corrected chi connectivity index (χ2v) is 6.66. The number of ether oxygens (including phenoxy) is 1. The van der Waals surface area contributed by atoms with Gasteiger partial charge in [0.1, 0.15) is 0 Å². The molecule has 1 unspecified atom stereocenters. The first-order valence-electron chi connectivity index (χ1n) is 7.70. The number of halogens is 2. The minimum atomic E-state index is -1.24. The highest BCUT2D eigenvalue weighted by atomic mass is 35.5. The van der Waals surface area contributed by atoms with Crippen molar-refractivity contribution in [2.45, 2.75) is 20.0 Å². The average Bonchev–Trinajstić information content (AvgIpc) is 2.58. The minimum absolute atomic E-state index is 0.111. The Hall–Kier alpha value is -2.50. The van der Waals surface area contributed by atoms with Gasteiger partial charge in [0.25, 0.3) is 0 Å². The number of aryl methyl sites for hydroxylation is 1. The zero-order valence-electron chi connectivity index (χ0n) is 13.9. The third-order valence-corrected chi connectivity index (χ3v) is 4.32. The van der Waals surface area contributed by atoms with Crippen molar-refractivity contribution in [3.63, 3.8) is 0 Å². The number of carbonyl (C=O) groups is 1. The SMILES string of the molecule is Cc1ccc(-c2oc3c(Cl)cc(Cl)cc3c(=O)c2OC(C)C(=O)O)cc1. The molecule has 134 valence electrons. The van der Waals surface area contributed by atoms with Crippen LogP contribution in [0.15, 0.2) is 45.6 Å².